The summed E-state index contributed by atoms with van der Waals surface area (Å²) >= 11 is 0. The zero-order chi connectivity index (χ0) is 21.1. The number of hydrogen-bond acceptors (Lipinski definition) is 4. The second kappa shape index (κ2) is 8.51. The van der Waals surface area contributed by atoms with E-state index in [0.29, 0.717) is 16.8 Å². The van der Waals surface area contributed by atoms with Crippen molar-refractivity contribution >= 4 is 23.5 Å². The van der Waals surface area contributed by atoms with Gasteiger partial charge in [-0.3, -0.25) is 4.79 Å². The summed E-state index contributed by atoms with van der Waals surface area (Å²) in [6.07, 6.45) is 1.77. The molecule has 1 aliphatic rings. The Morgan fingerprint density at radius 1 is 1.17 bits per heavy atom. The van der Waals surface area contributed by atoms with E-state index >= 15 is 0 Å². The lowest BCUT2D eigenvalue weighted by molar-refractivity contribution is 0.0519. The number of carbonyl (C=O) groups is 3. The van der Waals surface area contributed by atoms with Crippen LogP contribution in [0.5, 0.6) is 0 Å². The van der Waals surface area contributed by atoms with Gasteiger partial charge in [0.1, 0.15) is 5.69 Å². The minimum Gasteiger partial charge on any atom is -0.461 e. The lowest BCUT2D eigenvalue weighted by atomic mass is 10.1. The van der Waals surface area contributed by atoms with Crippen molar-refractivity contribution in [2.24, 2.45) is 0 Å². The number of hydrogen-bond donors (Lipinski definition) is 2. The van der Waals surface area contributed by atoms with E-state index in [9.17, 15) is 14.4 Å². The van der Waals surface area contributed by atoms with Gasteiger partial charge < -0.3 is 19.9 Å². The molecule has 1 aromatic heterocycles. The second-order valence-electron chi connectivity index (χ2n) is 7.37. The van der Waals surface area contributed by atoms with Crippen molar-refractivity contribution in [1.82, 2.24) is 9.88 Å². The Kier molecular flexibility index (Phi) is 6.06. The van der Waals surface area contributed by atoms with Crippen LogP contribution in [0, 0.1) is 20.8 Å². The summed E-state index contributed by atoms with van der Waals surface area (Å²) < 4.78 is 5.05. The van der Waals surface area contributed by atoms with Gasteiger partial charge in [-0.15, -0.1) is 0 Å². The topological polar surface area (TPSA) is 91.5 Å². The van der Waals surface area contributed by atoms with Crippen LogP contribution in [0.3, 0.4) is 0 Å². The van der Waals surface area contributed by atoms with Crippen LogP contribution < -0.4 is 5.32 Å². The smallest absolute Gasteiger partial charge is 0.355 e. The fraction of sp³-hybridized carbons (Fsp3) is 0.409. The third-order valence-electron chi connectivity index (χ3n) is 5.15. The third kappa shape index (κ3) is 4.50. The number of nitrogens with one attached hydrogen (secondary N) is 2. The van der Waals surface area contributed by atoms with E-state index in [-0.39, 0.29) is 36.7 Å². The normalized spacial score (nSPS) is 13.1. The van der Waals surface area contributed by atoms with Gasteiger partial charge in [0.25, 0.3) is 0 Å². The highest BCUT2D eigenvalue weighted by molar-refractivity contribution is 6.05. The first kappa shape index (κ1) is 20.6. The highest BCUT2D eigenvalue weighted by atomic mass is 16.5. The van der Waals surface area contributed by atoms with Gasteiger partial charge in [-0.2, -0.15) is 0 Å². The molecule has 3 rings (SSSR count). The van der Waals surface area contributed by atoms with Gasteiger partial charge in [-0.05, 0) is 57.7 Å². The molecule has 0 aliphatic heterocycles. The minimum atomic E-state index is -0.483. The Hall–Kier alpha value is -3.09. The number of ether oxygens (including phenoxy) is 1. The number of rotatable bonds is 7. The lowest BCUT2D eigenvalue weighted by Crippen LogP contribution is -2.40. The molecular formula is C22H27N3O4. The van der Waals surface area contributed by atoms with E-state index in [1.54, 1.807) is 25.7 Å². The summed E-state index contributed by atoms with van der Waals surface area (Å²) in [5.41, 5.74) is 3.58. The van der Waals surface area contributed by atoms with Gasteiger partial charge in [0.2, 0.25) is 0 Å². The molecule has 0 saturated heterocycles. The Balaban J connectivity index is 1.78. The van der Waals surface area contributed by atoms with Crippen LogP contribution in [0.2, 0.25) is 0 Å². The quantitative estimate of drug-likeness (QED) is 0.546. The SMILES string of the molecule is CCOC(=O)c1[nH]c(C)c(C(=O)CN(C(=O)Nc2ccccc2C)C2CC2)c1C. The number of ketones is 1. The number of esters is 1. The van der Waals surface area contributed by atoms with Crippen LogP contribution in [0.4, 0.5) is 10.5 Å². The van der Waals surface area contributed by atoms with Crippen molar-refractivity contribution in [3.8, 4) is 0 Å². The number of anilines is 1. The second-order valence-corrected chi connectivity index (χ2v) is 7.37. The van der Waals surface area contributed by atoms with E-state index in [1.807, 2.05) is 31.2 Å². The molecule has 2 amide bonds. The summed E-state index contributed by atoms with van der Waals surface area (Å²) in [5.74, 6) is -0.679. The predicted octanol–water partition coefficient (Wildman–Crippen LogP) is 4.00. The Morgan fingerprint density at radius 3 is 2.48 bits per heavy atom. The summed E-state index contributed by atoms with van der Waals surface area (Å²) in [4.78, 5) is 42.6. The first-order valence-electron chi connectivity index (χ1n) is 9.86. The molecule has 2 N–H and O–H groups in total. The van der Waals surface area contributed by atoms with Crippen molar-refractivity contribution in [2.45, 2.75) is 46.6 Å². The molecule has 1 heterocycles. The number of aryl methyl sites for hydroxylation is 2. The fourth-order valence-electron chi connectivity index (χ4n) is 3.46. The number of H-pyrrole nitrogens is 1. The van der Waals surface area contributed by atoms with Crippen LogP contribution in [0.25, 0.3) is 0 Å². The van der Waals surface area contributed by atoms with Gasteiger partial charge >= 0.3 is 12.0 Å². The number of Topliss-reactive ketones (excluding diaryl/α,β-unsaturated/α-hetero) is 1. The molecule has 29 heavy (non-hydrogen) atoms. The van der Waals surface area contributed by atoms with E-state index in [0.717, 1.165) is 24.1 Å². The Morgan fingerprint density at radius 2 is 1.86 bits per heavy atom. The van der Waals surface area contributed by atoms with Gasteiger partial charge in [0, 0.05) is 23.0 Å². The molecule has 0 atom stereocenters. The standard InChI is InChI=1S/C22H27N3O4/c1-5-29-21(27)20-14(3)19(15(4)23-20)18(26)12-25(16-10-11-16)22(28)24-17-9-7-6-8-13(17)2/h6-9,16,23H,5,10-12H2,1-4H3,(H,24,28). The molecule has 7 nitrogen and oxygen atoms in total. The van der Waals surface area contributed by atoms with Crippen molar-refractivity contribution in [2.75, 3.05) is 18.5 Å². The minimum absolute atomic E-state index is 0.0375. The summed E-state index contributed by atoms with van der Waals surface area (Å²) in [7, 11) is 0. The first-order valence-corrected chi connectivity index (χ1v) is 9.86. The lowest BCUT2D eigenvalue weighted by Gasteiger charge is -2.23. The zero-order valence-corrected chi connectivity index (χ0v) is 17.3. The molecule has 1 aromatic carbocycles. The molecule has 1 saturated carbocycles. The van der Waals surface area contributed by atoms with E-state index in [4.69, 9.17) is 4.74 Å². The molecule has 0 radical (unpaired) electrons. The molecule has 1 aliphatic carbocycles. The average Bonchev–Trinajstić information content (AvgIpc) is 3.46. The predicted molar refractivity (Wildman–Crippen MR) is 110 cm³/mol. The van der Waals surface area contributed by atoms with Crippen molar-refractivity contribution in [1.29, 1.82) is 0 Å². The van der Waals surface area contributed by atoms with E-state index in [2.05, 4.69) is 10.3 Å². The molecule has 7 heteroatoms. The Bertz CT molecular complexity index is 944. The number of aromatic amines is 1. The average molecular weight is 397 g/mol. The number of para-hydroxylation sites is 1. The fourth-order valence-corrected chi connectivity index (χ4v) is 3.46. The molecule has 0 bridgehead atoms. The van der Waals surface area contributed by atoms with Crippen LogP contribution in [0.1, 0.15) is 57.4 Å². The first-order chi connectivity index (χ1) is 13.8. The van der Waals surface area contributed by atoms with Gasteiger partial charge in [-0.1, -0.05) is 18.2 Å². The maximum atomic E-state index is 13.1. The van der Waals surface area contributed by atoms with Crippen molar-refractivity contribution < 1.29 is 19.1 Å². The number of benzene rings is 1. The number of aromatic nitrogens is 1. The number of amides is 2. The molecular weight excluding hydrogens is 370 g/mol. The van der Waals surface area contributed by atoms with E-state index in [1.165, 1.54) is 0 Å². The van der Waals surface area contributed by atoms with Crippen LogP contribution in [-0.2, 0) is 4.74 Å². The number of carbonyl (C=O) groups excluding carboxylic acids is 3. The van der Waals surface area contributed by atoms with Crippen LogP contribution in [-0.4, -0.2) is 46.9 Å². The summed E-state index contributed by atoms with van der Waals surface area (Å²) in [5, 5.41) is 2.91. The largest absolute Gasteiger partial charge is 0.461 e. The molecule has 1 fully saturated rings. The highest BCUT2D eigenvalue weighted by Gasteiger charge is 2.35. The summed E-state index contributed by atoms with van der Waals surface area (Å²) in [6, 6.07) is 7.31. The molecule has 154 valence electrons. The zero-order valence-electron chi connectivity index (χ0n) is 17.3. The highest BCUT2D eigenvalue weighted by Crippen LogP contribution is 2.29. The molecule has 2 aromatic rings. The Labute approximate surface area is 170 Å². The maximum Gasteiger partial charge on any atom is 0.355 e. The van der Waals surface area contributed by atoms with E-state index < -0.39 is 5.97 Å². The van der Waals surface area contributed by atoms with Crippen LogP contribution >= 0.6 is 0 Å². The number of urea groups is 1. The maximum absolute atomic E-state index is 13.1. The molecule has 0 spiro atoms. The third-order valence-corrected chi connectivity index (χ3v) is 5.15. The van der Waals surface area contributed by atoms with Crippen molar-refractivity contribution in [3.63, 3.8) is 0 Å². The van der Waals surface area contributed by atoms with Gasteiger partial charge in [0.15, 0.2) is 5.78 Å². The summed E-state index contributed by atoms with van der Waals surface area (Å²) in [6.45, 7) is 7.34. The molecule has 0 unspecified atom stereocenters. The van der Waals surface area contributed by atoms with Crippen LogP contribution in [0.15, 0.2) is 24.3 Å². The number of nitrogens with zero attached hydrogens (tertiary/aromatic N) is 1. The van der Waals surface area contributed by atoms with Crippen molar-refractivity contribution in [3.05, 3.63) is 52.3 Å². The monoisotopic (exact) mass is 397 g/mol. The van der Waals surface area contributed by atoms with Gasteiger partial charge in [-0.25, -0.2) is 9.59 Å². The van der Waals surface area contributed by atoms with Gasteiger partial charge in [0.05, 0.1) is 13.2 Å².